The van der Waals surface area contributed by atoms with E-state index in [9.17, 15) is 8.42 Å². The molecule has 1 heterocycles. The van der Waals surface area contributed by atoms with Gasteiger partial charge in [0.2, 0.25) is 0 Å². The molecule has 7 heteroatoms. The van der Waals surface area contributed by atoms with Gasteiger partial charge in [0.25, 0.3) is 0 Å². The second-order valence-electron chi connectivity index (χ2n) is 4.33. The minimum atomic E-state index is -3.05. The minimum absolute atomic E-state index is 0.0901. The third-order valence-corrected chi connectivity index (χ3v) is 6.38. The summed E-state index contributed by atoms with van der Waals surface area (Å²) < 4.78 is 24.0. The average molecular weight is 279 g/mol. The Morgan fingerprint density at radius 2 is 2.29 bits per heavy atom. The van der Waals surface area contributed by atoms with Crippen LogP contribution in [0.3, 0.4) is 0 Å². The summed E-state index contributed by atoms with van der Waals surface area (Å²) in [4.78, 5) is 1.96. The van der Waals surface area contributed by atoms with Crippen molar-refractivity contribution in [3.8, 4) is 0 Å². The summed E-state index contributed by atoms with van der Waals surface area (Å²) >= 11 is 1.68. The number of rotatable bonds is 5. The number of nitrogens with two attached hydrogens (primary N) is 1. The molecule has 1 saturated heterocycles. The van der Waals surface area contributed by atoms with Crippen molar-refractivity contribution in [3.63, 3.8) is 0 Å². The summed E-state index contributed by atoms with van der Waals surface area (Å²) in [6.07, 6.45) is 0. The Morgan fingerprint density at radius 3 is 2.82 bits per heavy atom. The second-order valence-corrected chi connectivity index (χ2v) is 7.93. The molecule has 100 valence electrons. The Balaban J connectivity index is 2.77. The zero-order valence-electron chi connectivity index (χ0n) is 10.3. The van der Waals surface area contributed by atoms with E-state index in [2.05, 4.69) is 0 Å². The average Bonchev–Trinajstić information content (AvgIpc) is 2.29. The Kier molecular flexibility index (Phi) is 5.27. The first-order valence-corrected chi connectivity index (χ1v) is 8.62. The Labute approximate surface area is 108 Å². The van der Waals surface area contributed by atoms with Crippen molar-refractivity contribution >= 4 is 27.4 Å². The van der Waals surface area contributed by atoms with Gasteiger partial charge in [-0.05, 0) is 0 Å². The Morgan fingerprint density at radius 1 is 1.65 bits per heavy atom. The topological polar surface area (TPSA) is 87.2 Å². The highest BCUT2D eigenvalue weighted by atomic mass is 32.2. The lowest BCUT2D eigenvalue weighted by atomic mass is 10.1. The van der Waals surface area contributed by atoms with E-state index in [1.807, 2.05) is 11.8 Å². The summed E-state index contributed by atoms with van der Waals surface area (Å²) in [7, 11) is -3.05. The Hall–Kier alpha value is -0.270. The van der Waals surface area contributed by atoms with Crippen molar-refractivity contribution in [1.29, 1.82) is 5.41 Å². The van der Waals surface area contributed by atoms with Crippen molar-refractivity contribution in [1.82, 2.24) is 4.90 Å². The number of thioether (sulfide) groups is 1. The van der Waals surface area contributed by atoms with E-state index in [0.29, 0.717) is 12.3 Å². The lowest BCUT2D eigenvalue weighted by Gasteiger charge is -2.35. The molecule has 0 spiro atoms. The maximum atomic E-state index is 12.0. The first-order chi connectivity index (χ1) is 7.88. The van der Waals surface area contributed by atoms with E-state index < -0.39 is 15.2 Å². The Bertz CT molecular complexity index is 370. The van der Waals surface area contributed by atoms with Crippen LogP contribution in [0.1, 0.15) is 13.8 Å². The van der Waals surface area contributed by atoms with Crippen molar-refractivity contribution < 1.29 is 8.42 Å². The monoisotopic (exact) mass is 279 g/mol. The molecule has 0 aromatic carbocycles. The van der Waals surface area contributed by atoms with Crippen LogP contribution in [0.15, 0.2) is 0 Å². The molecule has 3 N–H and O–H groups in total. The van der Waals surface area contributed by atoms with Gasteiger partial charge in [-0.15, -0.1) is 0 Å². The van der Waals surface area contributed by atoms with Gasteiger partial charge >= 0.3 is 0 Å². The quantitative estimate of drug-likeness (QED) is 0.561. The molecule has 5 nitrogen and oxygen atoms in total. The van der Waals surface area contributed by atoms with E-state index >= 15 is 0 Å². The number of amidine groups is 1. The van der Waals surface area contributed by atoms with Crippen LogP contribution < -0.4 is 5.73 Å². The molecule has 0 amide bonds. The molecule has 0 bridgehead atoms. The van der Waals surface area contributed by atoms with Crippen LogP contribution in [-0.2, 0) is 9.84 Å². The zero-order chi connectivity index (χ0) is 13.1. The van der Waals surface area contributed by atoms with Gasteiger partial charge in [-0.1, -0.05) is 13.8 Å². The highest BCUT2D eigenvalue weighted by molar-refractivity contribution is 8.01. The zero-order valence-corrected chi connectivity index (χ0v) is 12.0. The lowest BCUT2D eigenvalue weighted by molar-refractivity contribution is 0.254. The molecule has 2 unspecified atom stereocenters. The third kappa shape index (κ3) is 3.86. The summed E-state index contributed by atoms with van der Waals surface area (Å²) in [6, 6.07) is 0. The molecule has 0 radical (unpaired) electrons. The fourth-order valence-electron chi connectivity index (χ4n) is 1.80. The molecule has 0 aromatic rings. The molecule has 0 aromatic heterocycles. The summed E-state index contributed by atoms with van der Waals surface area (Å²) in [5.41, 5.74) is 5.44. The molecular weight excluding hydrogens is 258 g/mol. The molecule has 1 rings (SSSR count). The maximum absolute atomic E-state index is 12.0. The fourth-order valence-corrected chi connectivity index (χ4v) is 4.89. The molecule has 1 fully saturated rings. The first-order valence-electron chi connectivity index (χ1n) is 5.75. The van der Waals surface area contributed by atoms with Crippen molar-refractivity contribution in [2.75, 3.05) is 30.3 Å². The molecular formula is C10H21N3O2S2. The third-order valence-electron chi connectivity index (χ3n) is 3.05. The van der Waals surface area contributed by atoms with E-state index in [1.165, 1.54) is 0 Å². The van der Waals surface area contributed by atoms with E-state index in [0.717, 1.165) is 12.3 Å². The number of hydrogen-bond donors (Lipinski definition) is 2. The van der Waals surface area contributed by atoms with E-state index in [4.69, 9.17) is 11.1 Å². The van der Waals surface area contributed by atoms with Crippen LogP contribution in [0.25, 0.3) is 0 Å². The molecule has 17 heavy (non-hydrogen) atoms. The molecule has 0 aliphatic carbocycles. The van der Waals surface area contributed by atoms with Gasteiger partial charge in [0.1, 0.15) is 5.37 Å². The highest BCUT2D eigenvalue weighted by Crippen LogP contribution is 2.22. The van der Waals surface area contributed by atoms with Gasteiger partial charge in [-0.3, -0.25) is 10.3 Å². The SMILES string of the molecule is CCS(=O)(=O)C1CSCCN1CC(C)C(=N)N. The highest BCUT2D eigenvalue weighted by Gasteiger charge is 2.33. The smallest absolute Gasteiger partial charge is 0.166 e. The summed E-state index contributed by atoms with van der Waals surface area (Å²) in [5.74, 6) is 1.77. The van der Waals surface area contributed by atoms with Gasteiger partial charge < -0.3 is 5.73 Å². The van der Waals surface area contributed by atoms with Gasteiger partial charge in [-0.25, -0.2) is 8.42 Å². The van der Waals surface area contributed by atoms with E-state index in [1.54, 1.807) is 18.7 Å². The summed E-state index contributed by atoms with van der Waals surface area (Å²) in [5, 5.41) is 6.97. The van der Waals surface area contributed by atoms with Crippen LogP contribution in [0.5, 0.6) is 0 Å². The van der Waals surface area contributed by atoms with Gasteiger partial charge in [0, 0.05) is 36.3 Å². The number of nitrogens with one attached hydrogen (secondary N) is 1. The number of sulfone groups is 1. The van der Waals surface area contributed by atoms with Crippen LogP contribution >= 0.6 is 11.8 Å². The fraction of sp³-hybridized carbons (Fsp3) is 0.900. The summed E-state index contributed by atoms with van der Waals surface area (Å²) in [6.45, 7) is 4.85. The number of nitrogens with zero attached hydrogens (tertiary/aromatic N) is 1. The predicted molar refractivity (Wildman–Crippen MR) is 73.2 cm³/mol. The molecule has 2 atom stereocenters. The predicted octanol–water partition coefficient (Wildman–Crippen LogP) is 0.368. The van der Waals surface area contributed by atoms with Crippen LogP contribution in [0, 0.1) is 11.3 Å². The van der Waals surface area contributed by atoms with Crippen LogP contribution in [-0.4, -0.2) is 54.9 Å². The van der Waals surface area contributed by atoms with Crippen molar-refractivity contribution in [2.24, 2.45) is 11.7 Å². The molecule has 1 aliphatic rings. The normalized spacial score (nSPS) is 24.5. The van der Waals surface area contributed by atoms with Crippen molar-refractivity contribution in [3.05, 3.63) is 0 Å². The van der Waals surface area contributed by atoms with Crippen LogP contribution in [0.4, 0.5) is 0 Å². The standard InChI is InChI=1S/C10H21N3O2S2/c1-3-17(14,15)9-7-16-5-4-13(9)6-8(2)10(11)12/h8-9H,3-7H2,1-2H3,(H3,11,12). The molecule has 1 aliphatic heterocycles. The van der Waals surface area contributed by atoms with Gasteiger partial charge in [0.05, 0.1) is 5.84 Å². The molecule has 0 saturated carbocycles. The largest absolute Gasteiger partial charge is 0.387 e. The van der Waals surface area contributed by atoms with Crippen LogP contribution in [0.2, 0.25) is 0 Å². The van der Waals surface area contributed by atoms with Crippen molar-refractivity contribution in [2.45, 2.75) is 19.2 Å². The van der Waals surface area contributed by atoms with Gasteiger partial charge in [0.15, 0.2) is 9.84 Å². The lowest BCUT2D eigenvalue weighted by Crippen LogP contribution is -2.50. The first kappa shape index (κ1) is 14.8. The second kappa shape index (κ2) is 6.06. The van der Waals surface area contributed by atoms with E-state index in [-0.39, 0.29) is 17.5 Å². The van der Waals surface area contributed by atoms with Gasteiger partial charge in [-0.2, -0.15) is 11.8 Å². The maximum Gasteiger partial charge on any atom is 0.166 e. The number of hydrogen-bond acceptors (Lipinski definition) is 5. The minimum Gasteiger partial charge on any atom is -0.387 e.